The number of aromatic amines is 1. The summed E-state index contributed by atoms with van der Waals surface area (Å²) in [6.07, 6.45) is 10.5. The molecule has 6 nitrogen and oxygen atoms in total. The van der Waals surface area contributed by atoms with E-state index in [1.807, 2.05) is 6.20 Å². The normalized spacial score (nSPS) is 29.8. The van der Waals surface area contributed by atoms with Crippen LogP contribution in [0.3, 0.4) is 0 Å². The summed E-state index contributed by atoms with van der Waals surface area (Å²) in [7, 11) is 0. The minimum Gasteiger partial charge on any atom is -0.481 e. The minimum absolute atomic E-state index is 0.0123. The van der Waals surface area contributed by atoms with Crippen molar-refractivity contribution in [2.45, 2.75) is 38.1 Å². The van der Waals surface area contributed by atoms with E-state index in [2.05, 4.69) is 26.3 Å². The first-order valence-electron chi connectivity index (χ1n) is 10.2. The van der Waals surface area contributed by atoms with Gasteiger partial charge in [-0.15, -0.1) is 0 Å². The lowest BCUT2D eigenvalue weighted by Gasteiger charge is -2.48. The van der Waals surface area contributed by atoms with Crippen molar-refractivity contribution in [1.29, 1.82) is 0 Å². The third-order valence-electron chi connectivity index (χ3n) is 6.82. The van der Waals surface area contributed by atoms with Crippen LogP contribution in [0.4, 0.5) is 10.1 Å². The Morgan fingerprint density at radius 2 is 2.07 bits per heavy atom. The number of fused-ring (bicyclic) bond motifs is 4. The number of nitrogens with one attached hydrogen (secondary N) is 2. The minimum atomic E-state index is -0.668. The van der Waals surface area contributed by atoms with Gasteiger partial charge in [0.05, 0.1) is 24.3 Å². The number of carboxylic acids is 1. The van der Waals surface area contributed by atoms with E-state index in [4.69, 9.17) is 0 Å². The second kappa shape index (κ2) is 6.79. The van der Waals surface area contributed by atoms with E-state index in [0.717, 1.165) is 55.4 Å². The molecule has 1 unspecified atom stereocenters. The van der Waals surface area contributed by atoms with Crippen molar-refractivity contribution in [2.24, 2.45) is 17.8 Å². The highest BCUT2D eigenvalue weighted by Gasteiger charge is 2.47. The van der Waals surface area contributed by atoms with E-state index in [1.165, 1.54) is 12.3 Å². The summed E-state index contributed by atoms with van der Waals surface area (Å²) in [5.74, 6) is -0.577. The number of anilines is 1. The van der Waals surface area contributed by atoms with Crippen LogP contribution in [-0.4, -0.2) is 40.2 Å². The molecule has 2 bridgehead atoms. The summed E-state index contributed by atoms with van der Waals surface area (Å²) in [4.78, 5) is 21.3. The number of halogens is 1. The molecule has 3 aliphatic carbocycles. The van der Waals surface area contributed by atoms with Crippen molar-refractivity contribution >= 4 is 22.7 Å². The maximum atomic E-state index is 13.7. The largest absolute Gasteiger partial charge is 0.481 e. The molecule has 2 aromatic rings. The Labute approximate surface area is 162 Å². The molecular formula is C21H25FN4O2. The lowest BCUT2D eigenvalue weighted by Crippen LogP contribution is -2.55. The summed E-state index contributed by atoms with van der Waals surface area (Å²) < 4.78 is 13.7. The quantitative estimate of drug-likeness (QED) is 0.754. The zero-order chi connectivity index (χ0) is 19.3. The third-order valence-corrected chi connectivity index (χ3v) is 6.82. The molecule has 0 amide bonds. The molecule has 7 heteroatoms. The lowest BCUT2D eigenvalue weighted by molar-refractivity contribution is -0.149. The van der Waals surface area contributed by atoms with Crippen LogP contribution in [0.25, 0.3) is 11.0 Å². The summed E-state index contributed by atoms with van der Waals surface area (Å²) in [5.41, 5.74) is 2.69. The fourth-order valence-corrected chi connectivity index (χ4v) is 5.51. The Kier molecular flexibility index (Phi) is 4.25. The predicted octanol–water partition coefficient (Wildman–Crippen LogP) is 3.28. The Balaban J connectivity index is 1.36. The van der Waals surface area contributed by atoms with Gasteiger partial charge in [0.15, 0.2) is 0 Å². The maximum Gasteiger partial charge on any atom is 0.308 e. The maximum absolute atomic E-state index is 13.7. The highest BCUT2D eigenvalue weighted by molar-refractivity contribution is 5.90. The number of H-pyrrole nitrogens is 1. The first-order valence-corrected chi connectivity index (χ1v) is 10.2. The van der Waals surface area contributed by atoms with Gasteiger partial charge in [-0.05, 0) is 50.0 Å². The molecule has 3 saturated carbocycles. The average Bonchev–Trinajstić information content (AvgIpc) is 3.12. The monoisotopic (exact) mass is 384 g/mol. The van der Waals surface area contributed by atoms with Crippen LogP contribution in [0.2, 0.25) is 0 Å². The van der Waals surface area contributed by atoms with Crippen molar-refractivity contribution in [1.82, 2.24) is 15.3 Å². The van der Waals surface area contributed by atoms with Crippen molar-refractivity contribution in [2.75, 3.05) is 18.0 Å². The van der Waals surface area contributed by atoms with Gasteiger partial charge in [0.2, 0.25) is 0 Å². The molecule has 0 saturated heterocycles. The van der Waals surface area contributed by atoms with Gasteiger partial charge >= 0.3 is 5.97 Å². The van der Waals surface area contributed by atoms with Gasteiger partial charge in [-0.1, -0.05) is 6.08 Å². The lowest BCUT2D eigenvalue weighted by atomic mass is 9.61. The molecule has 3 N–H and O–H groups in total. The van der Waals surface area contributed by atoms with Crippen molar-refractivity contribution in [3.63, 3.8) is 0 Å². The van der Waals surface area contributed by atoms with E-state index < -0.39 is 5.97 Å². The van der Waals surface area contributed by atoms with E-state index >= 15 is 0 Å². The molecule has 6 rings (SSSR count). The highest BCUT2D eigenvalue weighted by Crippen LogP contribution is 2.45. The van der Waals surface area contributed by atoms with E-state index in [1.54, 1.807) is 0 Å². The fraction of sp³-hybridized carbons (Fsp3) is 0.524. The van der Waals surface area contributed by atoms with E-state index in [9.17, 15) is 14.3 Å². The predicted molar refractivity (Wildman–Crippen MR) is 104 cm³/mol. The summed E-state index contributed by atoms with van der Waals surface area (Å²) >= 11 is 0. The summed E-state index contributed by atoms with van der Waals surface area (Å²) in [6.45, 7) is 1.51. The van der Waals surface area contributed by atoms with Crippen molar-refractivity contribution in [3.05, 3.63) is 36.1 Å². The van der Waals surface area contributed by atoms with Gasteiger partial charge in [-0.3, -0.25) is 4.79 Å². The standard InChI is InChI=1S/C21H25FN4O2/c22-14-8-16-17(10-24-20(16)23-9-14)26-7-1-2-15(11-26)25-19-13-5-3-12(4-6-13)18(19)21(27)28/h2,8-10,12-13,18-19,25H,1,3-7,11H2,(H,23,24)(H,27,28)/t12-,13+,18-,19?/m0/s1. The van der Waals surface area contributed by atoms with Gasteiger partial charge in [-0.25, -0.2) is 9.37 Å². The highest BCUT2D eigenvalue weighted by atomic mass is 19.1. The van der Waals surface area contributed by atoms with Gasteiger partial charge in [-0.2, -0.15) is 0 Å². The number of carbonyl (C=O) groups is 1. The molecule has 28 heavy (non-hydrogen) atoms. The smallest absolute Gasteiger partial charge is 0.308 e. The number of hydrogen-bond acceptors (Lipinski definition) is 4. The number of nitrogens with zero attached hydrogens (tertiary/aromatic N) is 2. The van der Waals surface area contributed by atoms with Crippen LogP contribution >= 0.6 is 0 Å². The molecule has 4 aliphatic rings. The summed E-state index contributed by atoms with van der Waals surface area (Å²) in [6, 6.07) is 1.53. The van der Waals surface area contributed by atoms with Crippen LogP contribution in [0.5, 0.6) is 0 Å². The molecule has 3 fully saturated rings. The Morgan fingerprint density at radius 1 is 1.29 bits per heavy atom. The Hall–Kier alpha value is -2.57. The van der Waals surface area contributed by atoms with Gasteiger partial charge in [0.1, 0.15) is 11.5 Å². The number of rotatable bonds is 4. The van der Waals surface area contributed by atoms with E-state index in [-0.39, 0.29) is 17.8 Å². The molecule has 0 spiro atoms. The third kappa shape index (κ3) is 2.93. The average molecular weight is 384 g/mol. The molecule has 148 valence electrons. The number of aromatic nitrogens is 2. The first kappa shape index (κ1) is 17.5. The van der Waals surface area contributed by atoms with Gasteiger partial charge < -0.3 is 20.3 Å². The van der Waals surface area contributed by atoms with Gasteiger partial charge in [0, 0.05) is 29.9 Å². The molecule has 0 aromatic carbocycles. The van der Waals surface area contributed by atoms with Crippen LogP contribution in [0.1, 0.15) is 32.1 Å². The van der Waals surface area contributed by atoms with Crippen molar-refractivity contribution < 1.29 is 14.3 Å². The number of carboxylic acid groups (broad SMARTS) is 1. The van der Waals surface area contributed by atoms with Crippen LogP contribution in [-0.2, 0) is 4.79 Å². The molecule has 2 aromatic heterocycles. The number of aliphatic carboxylic acids is 1. The molecule has 2 atom stereocenters. The van der Waals surface area contributed by atoms with Gasteiger partial charge in [0.25, 0.3) is 0 Å². The van der Waals surface area contributed by atoms with Crippen LogP contribution in [0, 0.1) is 23.6 Å². The fourth-order valence-electron chi connectivity index (χ4n) is 5.51. The number of hydrogen-bond donors (Lipinski definition) is 3. The molecule has 3 heterocycles. The first-order chi connectivity index (χ1) is 13.6. The topological polar surface area (TPSA) is 81.2 Å². The summed E-state index contributed by atoms with van der Waals surface area (Å²) in [5, 5.41) is 14.2. The molecule has 1 aliphatic heterocycles. The Bertz CT molecular complexity index is 932. The van der Waals surface area contributed by atoms with Crippen LogP contribution < -0.4 is 10.2 Å². The SMILES string of the molecule is O=C(O)[C@@H]1C(NC2=CCCN(c3c[nH]c4ncc(F)cc34)C2)[C@H]2CC[C@@H]1CC2. The van der Waals surface area contributed by atoms with Crippen LogP contribution in [0.15, 0.2) is 30.2 Å². The number of pyridine rings is 1. The molecule has 0 radical (unpaired) electrons. The second-order valence-electron chi connectivity index (χ2n) is 8.37. The molecular weight excluding hydrogens is 359 g/mol. The zero-order valence-corrected chi connectivity index (χ0v) is 15.7. The Morgan fingerprint density at radius 3 is 2.86 bits per heavy atom. The second-order valence-corrected chi connectivity index (χ2v) is 8.37. The van der Waals surface area contributed by atoms with E-state index in [0.29, 0.717) is 24.0 Å². The van der Waals surface area contributed by atoms with Crippen molar-refractivity contribution in [3.8, 4) is 0 Å². The zero-order valence-electron chi connectivity index (χ0n) is 15.7.